The number of nitrogens with zero attached hydrogens (tertiary/aromatic N) is 3. The summed E-state index contributed by atoms with van der Waals surface area (Å²) in [5, 5.41) is 10.8. The Morgan fingerprint density at radius 3 is 2.43 bits per heavy atom. The first kappa shape index (κ1) is 16.4. The highest BCUT2D eigenvalue weighted by Gasteiger charge is 2.20. The maximum absolute atomic E-state index is 12.6. The minimum Gasteiger partial charge on any atom is -0.308 e. The third-order valence-electron chi connectivity index (χ3n) is 3.30. The SMILES string of the molecule is CC(C)N(C(=O)Cn1cc([N+](=O)[O-])ccc1=O)c1ccccc1. The Labute approximate surface area is 132 Å². The number of rotatable bonds is 5. The number of carbonyl (C=O) groups excluding carboxylic acids is 1. The van der Waals surface area contributed by atoms with Crippen molar-refractivity contribution in [3.63, 3.8) is 0 Å². The molecule has 1 aromatic carbocycles. The van der Waals surface area contributed by atoms with Crippen LogP contribution in [0.15, 0.2) is 53.5 Å². The monoisotopic (exact) mass is 315 g/mol. The van der Waals surface area contributed by atoms with Crippen LogP contribution in [0.1, 0.15) is 13.8 Å². The van der Waals surface area contributed by atoms with E-state index in [9.17, 15) is 19.7 Å². The molecular formula is C16H17N3O4. The van der Waals surface area contributed by atoms with Crippen molar-refractivity contribution in [1.82, 2.24) is 4.57 Å². The van der Waals surface area contributed by atoms with Gasteiger partial charge in [-0.1, -0.05) is 18.2 Å². The molecule has 7 nitrogen and oxygen atoms in total. The van der Waals surface area contributed by atoms with Crippen LogP contribution in [-0.4, -0.2) is 21.4 Å². The third kappa shape index (κ3) is 3.82. The molecule has 1 amide bonds. The van der Waals surface area contributed by atoms with Gasteiger partial charge < -0.3 is 4.90 Å². The summed E-state index contributed by atoms with van der Waals surface area (Å²) in [6.45, 7) is 3.47. The molecular weight excluding hydrogens is 298 g/mol. The van der Waals surface area contributed by atoms with Gasteiger partial charge in [0.25, 0.3) is 11.2 Å². The van der Waals surface area contributed by atoms with E-state index in [0.29, 0.717) is 5.69 Å². The van der Waals surface area contributed by atoms with Crippen molar-refractivity contribution < 1.29 is 9.72 Å². The Kier molecular flexibility index (Phi) is 4.90. The number of pyridine rings is 1. The molecule has 0 radical (unpaired) electrons. The van der Waals surface area contributed by atoms with Gasteiger partial charge in [0.05, 0.1) is 11.1 Å². The summed E-state index contributed by atoms with van der Waals surface area (Å²) < 4.78 is 1.05. The second kappa shape index (κ2) is 6.87. The van der Waals surface area contributed by atoms with Crippen LogP contribution < -0.4 is 10.5 Å². The Hall–Kier alpha value is -2.96. The van der Waals surface area contributed by atoms with Gasteiger partial charge in [-0.2, -0.15) is 0 Å². The van der Waals surface area contributed by atoms with Gasteiger partial charge in [-0.3, -0.25) is 24.3 Å². The number of carbonyl (C=O) groups is 1. The lowest BCUT2D eigenvalue weighted by Gasteiger charge is -2.27. The van der Waals surface area contributed by atoms with Crippen molar-refractivity contribution in [2.45, 2.75) is 26.4 Å². The predicted molar refractivity (Wildman–Crippen MR) is 86.4 cm³/mol. The van der Waals surface area contributed by atoms with E-state index in [1.165, 1.54) is 0 Å². The van der Waals surface area contributed by atoms with Crippen molar-refractivity contribution in [2.24, 2.45) is 0 Å². The molecule has 0 aliphatic carbocycles. The molecule has 0 aliphatic heterocycles. The van der Waals surface area contributed by atoms with Crippen molar-refractivity contribution in [2.75, 3.05) is 4.90 Å². The molecule has 120 valence electrons. The van der Waals surface area contributed by atoms with Crippen molar-refractivity contribution in [1.29, 1.82) is 0 Å². The summed E-state index contributed by atoms with van der Waals surface area (Å²) in [6, 6.07) is 11.2. The molecule has 23 heavy (non-hydrogen) atoms. The number of hydrogen-bond donors (Lipinski definition) is 0. The predicted octanol–water partition coefficient (Wildman–Crippen LogP) is 2.20. The number of anilines is 1. The lowest BCUT2D eigenvalue weighted by molar-refractivity contribution is -0.385. The Morgan fingerprint density at radius 1 is 1.22 bits per heavy atom. The number of amides is 1. The Morgan fingerprint density at radius 2 is 1.87 bits per heavy atom. The molecule has 0 unspecified atom stereocenters. The number of aromatic nitrogens is 1. The van der Waals surface area contributed by atoms with E-state index in [-0.39, 0.29) is 24.2 Å². The fourth-order valence-corrected chi connectivity index (χ4v) is 2.29. The van der Waals surface area contributed by atoms with Gasteiger partial charge in [-0.25, -0.2) is 0 Å². The van der Waals surface area contributed by atoms with E-state index < -0.39 is 10.5 Å². The zero-order chi connectivity index (χ0) is 17.0. The van der Waals surface area contributed by atoms with Gasteiger partial charge in [0.1, 0.15) is 6.54 Å². The first-order chi connectivity index (χ1) is 10.9. The van der Waals surface area contributed by atoms with Crippen LogP contribution in [0, 0.1) is 10.1 Å². The quantitative estimate of drug-likeness (QED) is 0.625. The normalized spacial score (nSPS) is 10.6. The molecule has 2 rings (SSSR count). The number of benzene rings is 1. The largest absolute Gasteiger partial charge is 0.308 e. The van der Waals surface area contributed by atoms with E-state index in [1.807, 2.05) is 32.0 Å². The smallest absolute Gasteiger partial charge is 0.285 e. The lowest BCUT2D eigenvalue weighted by atomic mass is 10.2. The highest BCUT2D eigenvalue weighted by Crippen LogP contribution is 2.17. The molecule has 7 heteroatoms. The number of para-hydroxylation sites is 1. The Balaban J connectivity index is 2.31. The van der Waals surface area contributed by atoms with Crippen LogP contribution in [-0.2, 0) is 11.3 Å². The van der Waals surface area contributed by atoms with Crippen molar-refractivity contribution >= 4 is 17.3 Å². The Bertz CT molecular complexity index is 768. The molecule has 0 bridgehead atoms. The van der Waals surface area contributed by atoms with Gasteiger partial charge in [0, 0.05) is 23.9 Å². The van der Waals surface area contributed by atoms with E-state index in [0.717, 1.165) is 22.9 Å². The molecule has 0 N–H and O–H groups in total. The van der Waals surface area contributed by atoms with E-state index in [1.54, 1.807) is 17.0 Å². The fraction of sp³-hybridized carbons (Fsp3) is 0.250. The van der Waals surface area contributed by atoms with Gasteiger partial charge >= 0.3 is 0 Å². The molecule has 0 fully saturated rings. The summed E-state index contributed by atoms with van der Waals surface area (Å²) in [7, 11) is 0. The standard InChI is InChI=1S/C16H17N3O4/c1-12(2)18(13-6-4-3-5-7-13)16(21)11-17-10-14(19(22)23)8-9-15(17)20/h3-10,12H,11H2,1-2H3. The van der Waals surface area contributed by atoms with E-state index in [4.69, 9.17) is 0 Å². The van der Waals surface area contributed by atoms with Crippen LogP contribution in [0.25, 0.3) is 0 Å². The van der Waals surface area contributed by atoms with Gasteiger partial charge in [-0.15, -0.1) is 0 Å². The first-order valence-corrected chi connectivity index (χ1v) is 7.12. The van der Waals surface area contributed by atoms with Crippen LogP contribution in [0.3, 0.4) is 0 Å². The second-order valence-corrected chi connectivity index (χ2v) is 5.30. The minimum absolute atomic E-state index is 0.112. The number of nitro groups is 1. The maximum atomic E-state index is 12.6. The number of hydrogen-bond acceptors (Lipinski definition) is 4. The van der Waals surface area contributed by atoms with E-state index >= 15 is 0 Å². The summed E-state index contributed by atoms with van der Waals surface area (Å²) in [5.74, 6) is -0.311. The third-order valence-corrected chi connectivity index (χ3v) is 3.30. The second-order valence-electron chi connectivity index (χ2n) is 5.30. The van der Waals surface area contributed by atoms with Crippen LogP contribution in [0.4, 0.5) is 11.4 Å². The van der Waals surface area contributed by atoms with Crippen molar-refractivity contribution in [3.05, 3.63) is 69.1 Å². The maximum Gasteiger partial charge on any atom is 0.285 e. The van der Waals surface area contributed by atoms with Crippen LogP contribution in [0.5, 0.6) is 0 Å². The summed E-state index contributed by atoms with van der Waals surface area (Å²) in [4.78, 5) is 36.2. The zero-order valence-electron chi connectivity index (χ0n) is 12.9. The van der Waals surface area contributed by atoms with Crippen molar-refractivity contribution in [3.8, 4) is 0 Å². The van der Waals surface area contributed by atoms with Gasteiger partial charge in [-0.05, 0) is 26.0 Å². The van der Waals surface area contributed by atoms with Gasteiger partial charge in [0.2, 0.25) is 5.91 Å². The van der Waals surface area contributed by atoms with Crippen LogP contribution in [0.2, 0.25) is 0 Å². The fourth-order valence-electron chi connectivity index (χ4n) is 2.29. The molecule has 0 spiro atoms. The highest BCUT2D eigenvalue weighted by molar-refractivity contribution is 5.93. The molecule has 0 saturated carbocycles. The molecule has 1 aromatic heterocycles. The molecule has 2 aromatic rings. The molecule has 0 aliphatic rings. The van der Waals surface area contributed by atoms with Gasteiger partial charge in [0.15, 0.2) is 0 Å². The molecule has 1 heterocycles. The minimum atomic E-state index is -0.599. The summed E-state index contributed by atoms with van der Waals surface area (Å²) in [6.07, 6.45) is 1.09. The average Bonchev–Trinajstić information content (AvgIpc) is 2.50. The molecule has 0 atom stereocenters. The van der Waals surface area contributed by atoms with Crippen LogP contribution >= 0.6 is 0 Å². The summed E-state index contributed by atoms with van der Waals surface area (Å²) in [5.41, 5.74) is 0.0277. The lowest BCUT2D eigenvalue weighted by Crippen LogP contribution is -2.40. The highest BCUT2D eigenvalue weighted by atomic mass is 16.6. The zero-order valence-corrected chi connectivity index (χ0v) is 12.9. The topological polar surface area (TPSA) is 85.4 Å². The molecule has 0 saturated heterocycles. The van der Waals surface area contributed by atoms with E-state index in [2.05, 4.69) is 0 Å². The summed E-state index contributed by atoms with van der Waals surface area (Å²) >= 11 is 0. The first-order valence-electron chi connectivity index (χ1n) is 7.12. The average molecular weight is 315 g/mol.